The van der Waals surface area contributed by atoms with Gasteiger partial charge in [0.2, 0.25) is 11.9 Å². The predicted octanol–water partition coefficient (Wildman–Crippen LogP) is 3.59. The molecule has 3 aromatic rings. The van der Waals surface area contributed by atoms with Crippen LogP contribution >= 0.6 is 0 Å². The fourth-order valence-corrected chi connectivity index (χ4v) is 3.96. The van der Waals surface area contributed by atoms with Crippen molar-refractivity contribution in [2.24, 2.45) is 11.8 Å². The van der Waals surface area contributed by atoms with E-state index in [1.54, 1.807) is 18.0 Å². The number of hydrogen-bond donors (Lipinski definition) is 0. The van der Waals surface area contributed by atoms with E-state index >= 15 is 0 Å². The van der Waals surface area contributed by atoms with Crippen molar-refractivity contribution in [3.63, 3.8) is 0 Å². The zero-order chi connectivity index (χ0) is 21.3. The number of benzene rings is 1. The maximum Gasteiger partial charge on any atom is 0.321 e. The molecule has 3 heterocycles. The van der Waals surface area contributed by atoms with Gasteiger partial charge < -0.3 is 4.74 Å². The number of para-hydroxylation sites is 2. The molecule has 2 atom stereocenters. The van der Waals surface area contributed by atoms with Gasteiger partial charge in [0.15, 0.2) is 5.92 Å². The molecule has 1 aliphatic heterocycles. The molecule has 0 fully saturated rings. The highest BCUT2D eigenvalue weighted by molar-refractivity contribution is 6.08. The molecule has 0 N–H and O–H groups in total. The lowest BCUT2D eigenvalue weighted by atomic mass is 9.92. The van der Waals surface area contributed by atoms with Crippen LogP contribution in [-0.4, -0.2) is 39.6 Å². The Morgan fingerprint density at radius 1 is 1.17 bits per heavy atom. The zero-order valence-corrected chi connectivity index (χ0v) is 17.5. The van der Waals surface area contributed by atoms with E-state index in [2.05, 4.69) is 18.8 Å². The number of aromatic nitrogens is 3. The number of amides is 1. The van der Waals surface area contributed by atoms with E-state index in [1.807, 2.05) is 47.0 Å². The Morgan fingerprint density at radius 3 is 2.63 bits per heavy atom. The van der Waals surface area contributed by atoms with Crippen LogP contribution in [0, 0.1) is 11.8 Å². The molecule has 1 aliphatic rings. The second-order valence-electron chi connectivity index (χ2n) is 7.87. The van der Waals surface area contributed by atoms with Crippen LogP contribution in [0.15, 0.2) is 48.7 Å². The Hall–Kier alpha value is -3.22. The molecule has 7 heteroatoms. The van der Waals surface area contributed by atoms with Crippen molar-refractivity contribution in [3.05, 3.63) is 54.4 Å². The molecule has 7 nitrogen and oxygen atoms in total. The molecule has 30 heavy (non-hydrogen) atoms. The van der Waals surface area contributed by atoms with Gasteiger partial charge in [0.1, 0.15) is 6.04 Å². The van der Waals surface area contributed by atoms with Crippen LogP contribution in [0.2, 0.25) is 0 Å². The largest absolute Gasteiger partial charge is 0.465 e. The summed E-state index contributed by atoms with van der Waals surface area (Å²) in [7, 11) is 0. The van der Waals surface area contributed by atoms with E-state index in [0.717, 1.165) is 17.5 Å². The second kappa shape index (κ2) is 8.26. The lowest BCUT2D eigenvalue weighted by molar-refractivity contribution is -0.153. The molecular formula is C23H26N4O3. The number of hydrogen-bond acceptors (Lipinski definition) is 5. The Kier molecular flexibility index (Phi) is 5.53. The van der Waals surface area contributed by atoms with Crippen molar-refractivity contribution < 1.29 is 14.3 Å². The summed E-state index contributed by atoms with van der Waals surface area (Å²) in [6, 6.07) is 12.6. The van der Waals surface area contributed by atoms with Gasteiger partial charge in [0.05, 0.1) is 23.3 Å². The maximum absolute atomic E-state index is 13.6. The Balaban J connectivity index is 1.95. The predicted molar refractivity (Wildman–Crippen MR) is 114 cm³/mol. The van der Waals surface area contributed by atoms with Gasteiger partial charge in [0.25, 0.3) is 0 Å². The number of rotatable bonds is 6. The molecule has 0 aliphatic carbocycles. The molecule has 0 unspecified atom stereocenters. The van der Waals surface area contributed by atoms with E-state index in [-0.39, 0.29) is 12.5 Å². The number of esters is 1. The van der Waals surface area contributed by atoms with Crippen molar-refractivity contribution in [1.82, 2.24) is 14.5 Å². The molecule has 156 valence electrons. The van der Waals surface area contributed by atoms with Crippen molar-refractivity contribution in [3.8, 4) is 0 Å². The average molecular weight is 406 g/mol. The summed E-state index contributed by atoms with van der Waals surface area (Å²) < 4.78 is 7.31. The third-order valence-electron chi connectivity index (χ3n) is 5.41. The summed E-state index contributed by atoms with van der Waals surface area (Å²) in [6.07, 6.45) is 2.48. The summed E-state index contributed by atoms with van der Waals surface area (Å²) in [4.78, 5) is 37.5. The van der Waals surface area contributed by atoms with E-state index in [4.69, 9.17) is 9.72 Å². The Labute approximate surface area is 175 Å². The first-order chi connectivity index (χ1) is 14.5. The van der Waals surface area contributed by atoms with Crippen molar-refractivity contribution in [1.29, 1.82) is 0 Å². The highest BCUT2D eigenvalue weighted by atomic mass is 16.5. The van der Waals surface area contributed by atoms with E-state index in [0.29, 0.717) is 24.1 Å². The number of imidazole rings is 1. The van der Waals surface area contributed by atoms with Crippen molar-refractivity contribution >= 4 is 28.9 Å². The van der Waals surface area contributed by atoms with Crippen LogP contribution in [0.4, 0.5) is 5.95 Å². The van der Waals surface area contributed by atoms with Gasteiger partial charge in [-0.05, 0) is 43.5 Å². The molecule has 0 spiro atoms. The zero-order valence-electron chi connectivity index (χ0n) is 17.5. The molecule has 0 saturated heterocycles. The molecule has 0 radical (unpaired) electrons. The molecular weight excluding hydrogens is 380 g/mol. The van der Waals surface area contributed by atoms with Crippen LogP contribution in [-0.2, 0) is 14.3 Å². The maximum atomic E-state index is 13.6. The topological polar surface area (TPSA) is 77.3 Å². The van der Waals surface area contributed by atoms with Gasteiger partial charge in [-0.25, -0.2) is 4.98 Å². The fourth-order valence-electron chi connectivity index (χ4n) is 3.96. The average Bonchev–Trinajstić information content (AvgIpc) is 3.12. The van der Waals surface area contributed by atoms with Gasteiger partial charge in [-0.1, -0.05) is 32.0 Å². The summed E-state index contributed by atoms with van der Waals surface area (Å²) in [6.45, 7) is 6.66. The first-order valence-corrected chi connectivity index (χ1v) is 10.4. The van der Waals surface area contributed by atoms with Crippen LogP contribution in [0.3, 0.4) is 0 Å². The van der Waals surface area contributed by atoms with E-state index in [1.165, 1.54) is 0 Å². The van der Waals surface area contributed by atoms with E-state index < -0.39 is 17.9 Å². The standard InChI is InChI=1S/C23H26N4O3/c1-4-30-22(29)19-20(17-10-7-8-13-24-17)27-18-11-6-5-9-16(18)25-23(27)26(21(19)28)14-12-15(2)3/h5-11,13,15,19-20H,4,12,14H2,1-3H3/t19-,20-/m1/s1. The van der Waals surface area contributed by atoms with Crippen LogP contribution < -0.4 is 4.90 Å². The van der Waals surface area contributed by atoms with Crippen molar-refractivity contribution in [2.45, 2.75) is 33.2 Å². The van der Waals surface area contributed by atoms with Gasteiger partial charge in [-0.15, -0.1) is 0 Å². The quantitative estimate of drug-likeness (QED) is 0.462. The normalized spacial score (nSPS) is 18.7. The molecule has 1 amide bonds. The lowest BCUT2D eigenvalue weighted by Gasteiger charge is -2.37. The first-order valence-electron chi connectivity index (χ1n) is 10.4. The SMILES string of the molecule is CCOC(=O)[C@H]1C(=O)N(CCC(C)C)c2nc3ccccc3n2[C@@H]1c1ccccn1. The smallest absolute Gasteiger partial charge is 0.321 e. The Bertz CT molecular complexity index is 1060. The van der Waals surface area contributed by atoms with Crippen LogP contribution in [0.1, 0.15) is 38.9 Å². The summed E-state index contributed by atoms with van der Waals surface area (Å²) >= 11 is 0. The van der Waals surface area contributed by atoms with E-state index in [9.17, 15) is 9.59 Å². The number of pyridine rings is 1. The third-order valence-corrected chi connectivity index (χ3v) is 5.41. The van der Waals surface area contributed by atoms with Crippen LogP contribution in [0.5, 0.6) is 0 Å². The van der Waals surface area contributed by atoms with Crippen molar-refractivity contribution in [2.75, 3.05) is 18.1 Å². The molecule has 4 rings (SSSR count). The molecule has 0 bridgehead atoms. The highest BCUT2D eigenvalue weighted by Crippen LogP contribution is 2.40. The molecule has 2 aromatic heterocycles. The van der Waals surface area contributed by atoms with Gasteiger partial charge >= 0.3 is 5.97 Å². The van der Waals surface area contributed by atoms with Gasteiger partial charge in [-0.3, -0.25) is 24.0 Å². The molecule has 1 aromatic carbocycles. The third kappa shape index (κ3) is 3.44. The number of carbonyl (C=O) groups is 2. The minimum absolute atomic E-state index is 0.209. The number of fused-ring (bicyclic) bond motifs is 3. The van der Waals surface area contributed by atoms with Crippen LogP contribution in [0.25, 0.3) is 11.0 Å². The first kappa shape index (κ1) is 20.1. The summed E-state index contributed by atoms with van der Waals surface area (Å²) in [5.41, 5.74) is 2.27. The van der Waals surface area contributed by atoms with Gasteiger partial charge in [-0.2, -0.15) is 0 Å². The lowest BCUT2D eigenvalue weighted by Crippen LogP contribution is -2.50. The summed E-state index contributed by atoms with van der Waals surface area (Å²) in [5, 5.41) is 0. The monoisotopic (exact) mass is 406 g/mol. The number of anilines is 1. The Morgan fingerprint density at radius 2 is 1.93 bits per heavy atom. The minimum atomic E-state index is -1.02. The summed E-state index contributed by atoms with van der Waals surface area (Å²) in [5.74, 6) is -0.871. The molecule has 0 saturated carbocycles. The highest BCUT2D eigenvalue weighted by Gasteiger charge is 2.48. The van der Waals surface area contributed by atoms with Gasteiger partial charge in [0, 0.05) is 12.7 Å². The second-order valence-corrected chi connectivity index (χ2v) is 7.87. The number of ether oxygens (including phenoxy) is 1. The fraction of sp³-hybridized carbons (Fsp3) is 0.391. The minimum Gasteiger partial charge on any atom is -0.465 e. The number of nitrogens with zero attached hydrogens (tertiary/aromatic N) is 4. The number of carbonyl (C=O) groups excluding carboxylic acids is 2.